The maximum Gasteiger partial charge on any atom is 0.144 e. The summed E-state index contributed by atoms with van der Waals surface area (Å²) < 4.78 is 37.8. The summed E-state index contributed by atoms with van der Waals surface area (Å²) in [6.45, 7) is 4.26. The van der Waals surface area contributed by atoms with Gasteiger partial charge in [0.05, 0.1) is 33.0 Å². The summed E-state index contributed by atoms with van der Waals surface area (Å²) in [4.78, 5) is 0. The van der Waals surface area contributed by atoms with E-state index in [0.29, 0.717) is 44.5 Å². The average Bonchev–Trinajstić information content (AvgIpc) is 3.04. The van der Waals surface area contributed by atoms with Gasteiger partial charge in [-0.3, -0.25) is 0 Å². The van der Waals surface area contributed by atoms with Gasteiger partial charge in [-0.05, 0) is 59.4 Å². The van der Waals surface area contributed by atoms with Crippen molar-refractivity contribution in [2.75, 3.05) is 26.9 Å². The summed E-state index contributed by atoms with van der Waals surface area (Å²) in [5.41, 5.74) is 4.63. The van der Waals surface area contributed by atoms with E-state index in [2.05, 4.69) is 42.5 Å². The lowest BCUT2D eigenvalue weighted by Gasteiger charge is -2.58. The number of benzene rings is 4. The number of hydrogen-bond donors (Lipinski definition) is 0. The second-order valence-corrected chi connectivity index (χ2v) is 11.8. The van der Waals surface area contributed by atoms with Crippen LogP contribution in [0.3, 0.4) is 0 Å². The highest BCUT2D eigenvalue weighted by Gasteiger charge is 2.62. The van der Waals surface area contributed by atoms with Gasteiger partial charge in [0.25, 0.3) is 0 Å². The van der Waals surface area contributed by atoms with Crippen molar-refractivity contribution in [2.45, 2.75) is 56.6 Å². The summed E-state index contributed by atoms with van der Waals surface area (Å²) in [6, 6.07) is 34.6. The lowest BCUT2D eigenvalue weighted by atomic mass is 9.79. The van der Waals surface area contributed by atoms with Crippen LogP contribution in [0.2, 0.25) is 5.02 Å². The van der Waals surface area contributed by atoms with E-state index < -0.39 is 23.9 Å². The van der Waals surface area contributed by atoms with Gasteiger partial charge in [-0.1, -0.05) is 96.5 Å². The van der Waals surface area contributed by atoms with E-state index in [1.807, 2.05) is 67.6 Å². The van der Waals surface area contributed by atoms with E-state index in [1.54, 1.807) is 7.11 Å². The Kier molecular flexibility index (Phi) is 9.97. The summed E-state index contributed by atoms with van der Waals surface area (Å²) >= 11 is 6.77. The van der Waals surface area contributed by atoms with Crippen LogP contribution in [0, 0.1) is 0 Å². The Morgan fingerprint density at radius 3 is 2.05 bits per heavy atom. The first-order valence-corrected chi connectivity index (χ1v) is 15.6. The van der Waals surface area contributed by atoms with Gasteiger partial charge in [0, 0.05) is 12.1 Å². The molecule has 0 bridgehead atoms. The second kappa shape index (κ2) is 14.2. The third kappa shape index (κ3) is 6.86. The van der Waals surface area contributed by atoms with Crippen molar-refractivity contribution in [3.63, 3.8) is 0 Å². The van der Waals surface area contributed by atoms with Gasteiger partial charge in [0.15, 0.2) is 0 Å². The van der Waals surface area contributed by atoms with Crippen LogP contribution in [0.15, 0.2) is 103 Å². The maximum atomic E-state index is 6.96. The van der Waals surface area contributed by atoms with E-state index in [1.165, 1.54) is 0 Å². The molecule has 0 saturated carbocycles. The van der Waals surface area contributed by atoms with Crippen LogP contribution < -0.4 is 4.74 Å². The van der Waals surface area contributed by atoms with E-state index in [4.69, 9.17) is 40.0 Å². The third-order valence-electron chi connectivity index (χ3n) is 8.29. The zero-order chi connectivity index (χ0) is 30.4. The van der Waals surface area contributed by atoms with Crippen LogP contribution in [0.5, 0.6) is 5.75 Å². The minimum atomic E-state index is -0.651. The predicted octanol–water partition coefficient (Wildman–Crippen LogP) is 7.36. The normalized spacial score (nSPS) is 24.3. The highest BCUT2D eigenvalue weighted by atomic mass is 35.5. The molecule has 2 saturated heterocycles. The molecule has 6 nitrogen and oxygen atoms in total. The van der Waals surface area contributed by atoms with E-state index >= 15 is 0 Å². The standard InChI is InChI=1S/C37H39ClO6/c1-3-40-31-17-14-26(15-18-31)20-30-21-29(16-19-32(30)38)33-34(41-22-27-10-6-4-7-11-27)35(42-23-28-12-8-5-9-13-28)36-37(44-33,24-39-2)25-43-36/h4-19,21,33-36H,3,20,22-25H2,1-2H3. The zero-order valence-corrected chi connectivity index (χ0v) is 26.0. The molecule has 2 aliphatic rings. The SMILES string of the molecule is CCOc1ccc(Cc2cc(C3OC4(COC)COC4C(OCc4ccccc4)C3OCc3ccccc3)ccc2Cl)cc1. The third-order valence-corrected chi connectivity index (χ3v) is 8.66. The molecule has 4 aromatic carbocycles. The molecule has 230 valence electrons. The summed E-state index contributed by atoms with van der Waals surface area (Å²) in [5, 5.41) is 0.702. The fourth-order valence-electron chi connectivity index (χ4n) is 6.08. The summed E-state index contributed by atoms with van der Waals surface area (Å²) in [5.74, 6) is 0.854. The molecule has 5 unspecified atom stereocenters. The molecule has 0 spiro atoms. The Bertz CT molecular complexity index is 1480. The van der Waals surface area contributed by atoms with Crippen LogP contribution in [0.25, 0.3) is 0 Å². The molecule has 0 N–H and O–H groups in total. The quantitative estimate of drug-likeness (QED) is 0.157. The van der Waals surface area contributed by atoms with Gasteiger partial charge in [-0.25, -0.2) is 0 Å². The van der Waals surface area contributed by atoms with Gasteiger partial charge in [-0.15, -0.1) is 0 Å². The first-order valence-electron chi connectivity index (χ1n) is 15.2. The van der Waals surface area contributed by atoms with Gasteiger partial charge in [-0.2, -0.15) is 0 Å². The molecule has 2 fully saturated rings. The van der Waals surface area contributed by atoms with Crippen molar-refractivity contribution >= 4 is 11.6 Å². The van der Waals surface area contributed by atoms with E-state index in [0.717, 1.165) is 33.6 Å². The Balaban J connectivity index is 1.33. The molecule has 6 rings (SSSR count). The van der Waals surface area contributed by atoms with Crippen molar-refractivity contribution in [3.8, 4) is 5.75 Å². The van der Waals surface area contributed by atoms with E-state index in [-0.39, 0.29) is 6.10 Å². The van der Waals surface area contributed by atoms with Crippen molar-refractivity contribution in [2.24, 2.45) is 0 Å². The number of hydrogen-bond acceptors (Lipinski definition) is 6. The molecule has 44 heavy (non-hydrogen) atoms. The molecule has 7 heteroatoms. The number of rotatable bonds is 13. The van der Waals surface area contributed by atoms with Gasteiger partial charge in [0.2, 0.25) is 0 Å². The predicted molar refractivity (Wildman–Crippen MR) is 170 cm³/mol. The van der Waals surface area contributed by atoms with Crippen LogP contribution >= 0.6 is 11.6 Å². The van der Waals surface area contributed by atoms with E-state index in [9.17, 15) is 0 Å². The first-order chi connectivity index (χ1) is 21.6. The van der Waals surface area contributed by atoms with Crippen molar-refractivity contribution in [1.82, 2.24) is 0 Å². The Labute approximate surface area is 264 Å². The molecule has 0 amide bonds. The molecule has 4 aromatic rings. The lowest BCUT2D eigenvalue weighted by Crippen LogP contribution is -2.73. The fourth-order valence-corrected chi connectivity index (χ4v) is 6.26. The largest absolute Gasteiger partial charge is 0.494 e. The summed E-state index contributed by atoms with van der Waals surface area (Å²) in [7, 11) is 1.69. The van der Waals surface area contributed by atoms with Crippen LogP contribution in [-0.4, -0.2) is 50.8 Å². The monoisotopic (exact) mass is 614 g/mol. The van der Waals surface area contributed by atoms with Crippen molar-refractivity contribution in [3.05, 3.63) is 136 Å². The molecular formula is C37H39ClO6. The minimum absolute atomic E-state index is 0.334. The van der Waals surface area contributed by atoms with Crippen LogP contribution in [0.1, 0.15) is 40.8 Å². The second-order valence-electron chi connectivity index (χ2n) is 11.4. The Morgan fingerprint density at radius 2 is 1.45 bits per heavy atom. The molecule has 0 radical (unpaired) electrons. The molecule has 2 aliphatic heterocycles. The Morgan fingerprint density at radius 1 is 0.795 bits per heavy atom. The topological polar surface area (TPSA) is 55.4 Å². The van der Waals surface area contributed by atoms with Gasteiger partial charge in [0.1, 0.15) is 35.8 Å². The lowest BCUT2D eigenvalue weighted by molar-refractivity contribution is -0.376. The smallest absolute Gasteiger partial charge is 0.144 e. The number of ether oxygens (including phenoxy) is 6. The molecule has 5 atom stereocenters. The zero-order valence-electron chi connectivity index (χ0n) is 25.2. The molecular weight excluding hydrogens is 576 g/mol. The summed E-state index contributed by atoms with van der Waals surface area (Å²) in [6.07, 6.45) is -0.949. The van der Waals surface area contributed by atoms with Crippen LogP contribution in [-0.2, 0) is 43.3 Å². The highest BCUT2D eigenvalue weighted by Crippen LogP contribution is 2.48. The first kappa shape index (κ1) is 30.8. The highest BCUT2D eigenvalue weighted by molar-refractivity contribution is 6.31. The van der Waals surface area contributed by atoms with Crippen LogP contribution in [0.4, 0.5) is 0 Å². The number of halogens is 1. The minimum Gasteiger partial charge on any atom is -0.494 e. The maximum absolute atomic E-state index is 6.96. The number of methoxy groups -OCH3 is 1. The molecule has 0 aromatic heterocycles. The van der Waals surface area contributed by atoms with Crippen molar-refractivity contribution in [1.29, 1.82) is 0 Å². The fraction of sp³-hybridized carbons (Fsp3) is 0.351. The Hall–Kier alpha value is -3.23. The molecule has 2 heterocycles. The van der Waals surface area contributed by atoms with Gasteiger partial charge >= 0.3 is 0 Å². The van der Waals surface area contributed by atoms with Crippen molar-refractivity contribution < 1.29 is 28.4 Å². The van der Waals surface area contributed by atoms with Gasteiger partial charge < -0.3 is 28.4 Å². The number of fused-ring (bicyclic) bond motifs is 1. The molecule has 0 aliphatic carbocycles. The average molecular weight is 615 g/mol.